The lowest BCUT2D eigenvalue weighted by molar-refractivity contribution is -0.133. The van der Waals surface area contributed by atoms with Gasteiger partial charge in [0.2, 0.25) is 11.8 Å². The Morgan fingerprint density at radius 2 is 1.81 bits per heavy atom. The maximum atomic E-state index is 12.8. The van der Waals surface area contributed by atoms with Gasteiger partial charge in [-0.1, -0.05) is 42.5 Å². The van der Waals surface area contributed by atoms with Crippen LogP contribution in [0.25, 0.3) is 0 Å². The second-order valence-electron chi connectivity index (χ2n) is 6.09. The minimum absolute atomic E-state index is 0.0461. The fourth-order valence-corrected chi connectivity index (χ4v) is 3.08. The van der Waals surface area contributed by atoms with E-state index in [1.807, 2.05) is 30.3 Å². The molecule has 0 aliphatic carbocycles. The Balaban J connectivity index is 1.77. The summed E-state index contributed by atoms with van der Waals surface area (Å²) in [6.45, 7) is 0.385. The molecule has 0 bridgehead atoms. The number of carbonyl (C=O) groups is 3. The molecule has 1 unspecified atom stereocenters. The molecule has 6 nitrogen and oxygen atoms in total. The SMILES string of the molecule is COC(=O)c1ccccc1NC(=O)C1CCC(=O)N1Cc1ccccc1. The third-order valence-corrected chi connectivity index (χ3v) is 4.42. The average Bonchev–Trinajstić information content (AvgIpc) is 3.03. The molecule has 1 atom stereocenters. The molecule has 0 spiro atoms. The zero-order valence-corrected chi connectivity index (χ0v) is 14.5. The first-order valence-corrected chi connectivity index (χ1v) is 8.41. The van der Waals surface area contributed by atoms with Crippen molar-refractivity contribution in [1.82, 2.24) is 4.90 Å². The summed E-state index contributed by atoms with van der Waals surface area (Å²) in [5, 5.41) is 2.77. The number of nitrogens with one attached hydrogen (secondary N) is 1. The lowest BCUT2D eigenvalue weighted by Crippen LogP contribution is -2.41. The van der Waals surface area contributed by atoms with Crippen molar-refractivity contribution in [3.63, 3.8) is 0 Å². The van der Waals surface area contributed by atoms with Crippen LogP contribution in [0.3, 0.4) is 0 Å². The van der Waals surface area contributed by atoms with Gasteiger partial charge in [-0.3, -0.25) is 9.59 Å². The van der Waals surface area contributed by atoms with Crippen molar-refractivity contribution in [3.05, 3.63) is 65.7 Å². The van der Waals surface area contributed by atoms with Gasteiger partial charge in [0.15, 0.2) is 0 Å². The van der Waals surface area contributed by atoms with Gasteiger partial charge in [-0.2, -0.15) is 0 Å². The minimum atomic E-state index is -0.562. The fraction of sp³-hybridized carbons (Fsp3) is 0.250. The molecule has 0 aromatic heterocycles. The van der Waals surface area contributed by atoms with Crippen LogP contribution in [0, 0.1) is 0 Å². The van der Waals surface area contributed by atoms with Crippen molar-refractivity contribution in [1.29, 1.82) is 0 Å². The Kier molecular flexibility index (Phi) is 5.31. The summed E-state index contributed by atoms with van der Waals surface area (Å²) in [5.74, 6) is -0.872. The Morgan fingerprint density at radius 3 is 2.54 bits per heavy atom. The van der Waals surface area contributed by atoms with E-state index in [1.165, 1.54) is 7.11 Å². The van der Waals surface area contributed by atoms with Crippen LogP contribution in [0.4, 0.5) is 5.69 Å². The second kappa shape index (κ2) is 7.82. The van der Waals surface area contributed by atoms with E-state index in [-0.39, 0.29) is 17.4 Å². The van der Waals surface area contributed by atoms with E-state index in [4.69, 9.17) is 4.74 Å². The highest BCUT2D eigenvalue weighted by Crippen LogP contribution is 2.24. The highest BCUT2D eigenvalue weighted by atomic mass is 16.5. The first kappa shape index (κ1) is 17.7. The molecular formula is C20H20N2O4. The molecule has 134 valence electrons. The summed E-state index contributed by atoms with van der Waals surface area (Å²) >= 11 is 0. The smallest absolute Gasteiger partial charge is 0.339 e. The quantitative estimate of drug-likeness (QED) is 0.839. The number of ether oxygens (including phenoxy) is 1. The number of anilines is 1. The molecule has 0 saturated carbocycles. The summed E-state index contributed by atoms with van der Waals surface area (Å²) in [4.78, 5) is 38.5. The maximum Gasteiger partial charge on any atom is 0.339 e. The van der Waals surface area contributed by atoms with Crippen LogP contribution in [0.5, 0.6) is 0 Å². The average molecular weight is 352 g/mol. The van der Waals surface area contributed by atoms with Crippen molar-refractivity contribution in [2.75, 3.05) is 12.4 Å². The van der Waals surface area contributed by atoms with Gasteiger partial charge in [0.1, 0.15) is 6.04 Å². The molecule has 1 aliphatic heterocycles. The molecule has 26 heavy (non-hydrogen) atoms. The summed E-state index contributed by atoms with van der Waals surface area (Å²) in [7, 11) is 1.29. The zero-order valence-electron chi connectivity index (χ0n) is 14.5. The van der Waals surface area contributed by atoms with Crippen LogP contribution < -0.4 is 5.32 Å². The Labute approximate surface area is 151 Å². The second-order valence-corrected chi connectivity index (χ2v) is 6.09. The van der Waals surface area contributed by atoms with Gasteiger partial charge in [0.05, 0.1) is 18.4 Å². The number of nitrogens with zero attached hydrogens (tertiary/aromatic N) is 1. The summed E-state index contributed by atoms with van der Waals surface area (Å²) in [5.41, 5.74) is 1.63. The number of amides is 2. The van der Waals surface area contributed by atoms with Gasteiger partial charge in [-0.25, -0.2) is 4.79 Å². The molecule has 1 saturated heterocycles. The number of likely N-dealkylation sites (tertiary alicyclic amines) is 1. The molecule has 1 heterocycles. The largest absolute Gasteiger partial charge is 0.465 e. The molecule has 2 amide bonds. The molecule has 1 N–H and O–H groups in total. The number of esters is 1. The van der Waals surface area contributed by atoms with Gasteiger partial charge in [-0.05, 0) is 24.1 Å². The van der Waals surface area contributed by atoms with Gasteiger partial charge >= 0.3 is 5.97 Å². The van der Waals surface area contributed by atoms with Gasteiger partial charge in [0.25, 0.3) is 0 Å². The topological polar surface area (TPSA) is 75.7 Å². The van der Waals surface area contributed by atoms with Crippen molar-refractivity contribution in [2.24, 2.45) is 0 Å². The minimum Gasteiger partial charge on any atom is -0.465 e. The molecular weight excluding hydrogens is 332 g/mol. The van der Waals surface area contributed by atoms with Crippen LogP contribution in [0.1, 0.15) is 28.8 Å². The third kappa shape index (κ3) is 3.74. The Bertz CT molecular complexity index is 820. The summed E-state index contributed by atoms with van der Waals surface area (Å²) in [6.07, 6.45) is 0.793. The molecule has 1 fully saturated rings. The van der Waals surface area contributed by atoms with Gasteiger partial charge in [-0.15, -0.1) is 0 Å². The predicted molar refractivity (Wildman–Crippen MR) is 96.4 cm³/mol. The number of benzene rings is 2. The van der Waals surface area contributed by atoms with E-state index in [2.05, 4.69) is 5.32 Å². The standard InChI is InChI=1S/C20H20N2O4/c1-26-20(25)15-9-5-6-10-16(15)21-19(24)17-11-12-18(23)22(17)13-14-7-3-2-4-8-14/h2-10,17H,11-13H2,1H3,(H,21,24). The molecule has 3 rings (SSSR count). The van der Waals surface area contributed by atoms with Crippen LogP contribution in [0.2, 0.25) is 0 Å². The zero-order chi connectivity index (χ0) is 18.5. The van der Waals surface area contributed by atoms with Crippen LogP contribution in [-0.4, -0.2) is 35.8 Å². The number of hydrogen-bond acceptors (Lipinski definition) is 4. The molecule has 6 heteroatoms. The molecule has 2 aromatic carbocycles. The van der Waals surface area contributed by atoms with Crippen LogP contribution >= 0.6 is 0 Å². The van der Waals surface area contributed by atoms with E-state index >= 15 is 0 Å². The molecule has 0 radical (unpaired) electrons. The predicted octanol–water partition coefficient (Wildman–Crippen LogP) is 2.60. The first-order chi connectivity index (χ1) is 12.6. The summed E-state index contributed by atoms with van der Waals surface area (Å²) in [6, 6.07) is 15.6. The van der Waals surface area contributed by atoms with E-state index in [1.54, 1.807) is 29.2 Å². The lowest BCUT2D eigenvalue weighted by Gasteiger charge is -2.24. The van der Waals surface area contributed by atoms with E-state index < -0.39 is 12.0 Å². The van der Waals surface area contributed by atoms with Crippen LogP contribution in [0.15, 0.2) is 54.6 Å². The van der Waals surface area contributed by atoms with Crippen molar-refractivity contribution in [3.8, 4) is 0 Å². The van der Waals surface area contributed by atoms with Crippen molar-refractivity contribution in [2.45, 2.75) is 25.4 Å². The van der Waals surface area contributed by atoms with Crippen molar-refractivity contribution >= 4 is 23.5 Å². The van der Waals surface area contributed by atoms with E-state index in [9.17, 15) is 14.4 Å². The Hall–Kier alpha value is -3.15. The third-order valence-electron chi connectivity index (χ3n) is 4.42. The lowest BCUT2D eigenvalue weighted by atomic mass is 10.1. The number of rotatable bonds is 5. The monoisotopic (exact) mass is 352 g/mol. The van der Waals surface area contributed by atoms with Crippen molar-refractivity contribution < 1.29 is 19.1 Å². The highest BCUT2D eigenvalue weighted by Gasteiger charge is 2.36. The fourth-order valence-electron chi connectivity index (χ4n) is 3.08. The normalized spacial score (nSPS) is 16.4. The number of hydrogen-bond donors (Lipinski definition) is 1. The highest BCUT2D eigenvalue weighted by molar-refractivity contribution is 6.04. The number of methoxy groups -OCH3 is 1. The van der Waals surface area contributed by atoms with Gasteiger partial charge in [0, 0.05) is 13.0 Å². The van der Waals surface area contributed by atoms with Crippen LogP contribution in [-0.2, 0) is 20.9 Å². The Morgan fingerprint density at radius 1 is 1.12 bits per heavy atom. The van der Waals surface area contributed by atoms with E-state index in [0.29, 0.717) is 25.1 Å². The van der Waals surface area contributed by atoms with Gasteiger partial charge < -0.3 is 15.0 Å². The summed E-state index contributed by atoms with van der Waals surface area (Å²) < 4.78 is 4.75. The maximum absolute atomic E-state index is 12.8. The number of carbonyl (C=O) groups excluding carboxylic acids is 3. The molecule has 1 aliphatic rings. The first-order valence-electron chi connectivity index (χ1n) is 8.41. The molecule has 2 aromatic rings. The number of para-hydroxylation sites is 1. The van der Waals surface area contributed by atoms with E-state index in [0.717, 1.165) is 5.56 Å².